The molecule has 5 nitrogen and oxygen atoms in total. The summed E-state index contributed by atoms with van der Waals surface area (Å²) < 4.78 is 1.72. The monoisotopic (exact) mass is 320 g/mol. The average molecular weight is 320 g/mol. The predicted molar refractivity (Wildman–Crippen MR) is 94.6 cm³/mol. The van der Waals surface area contributed by atoms with Crippen LogP contribution in [0.15, 0.2) is 48.8 Å². The highest BCUT2D eigenvalue weighted by Crippen LogP contribution is 2.20. The fraction of sp³-hybridized carbons (Fsp3) is 0.211. The Balaban J connectivity index is 1.93. The summed E-state index contributed by atoms with van der Waals surface area (Å²) >= 11 is 0. The van der Waals surface area contributed by atoms with Crippen LogP contribution < -0.4 is 5.32 Å². The minimum atomic E-state index is -0.150. The third-order valence-corrected chi connectivity index (χ3v) is 3.96. The van der Waals surface area contributed by atoms with E-state index in [0.717, 1.165) is 22.5 Å². The van der Waals surface area contributed by atoms with Gasteiger partial charge in [-0.2, -0.15) is 5.10 Å². The summed E-state index contributed by atoms with van der Waals surface area (Å²) in [5.74, 6) is 0.558. The van der Waals surface area contributed by atoms with Crippen LogP contribution in [0.25, 0.3) is 5.82 Å². The molecule has 3 rings (SSSR count). The van der Waals surface area contributed by atoms with Crippen molar-refractivity contribution in [2.24, 2.45) is 0 Å². The number of pyridine rings is 1. The fourth-order valence-electron chi connectivity index (χ4n) is 2.64. The van der Waals surface area contributed by atoms with Crippen molar-refractivity contribution in [1.29, 1.82) is 0 Å². The number of amides is 1. The van der Waals surface area contributed by atoms with Gasteiger partial charge in [-0.15, -0.1) is 0 Å². The molecule has 0 aliphatic carbocycles. The van der Waals surface area contributed by atoms with Crippen LogP contribution in [0.3, 0.4) is 0 Å². The minimum absolute atomic E-state index is 0.150. The number of hydrogen-bond acceptors (Lipinski definition) is 3. The molecule has 0 radical (unpaired) electrons. The van der Waals surface area contributed by atoms with Crippen LogP contribution in [0.4, 0.5) is 5.69 Å². The number of rotatable bonds is 4. The lowest BCUT2D eigenvalue weighted by Gasteiger charge is -2.10. The zero-order valence-electron chi connectivity index (χ0n) is 14.1. The Morgan fingerprint density at radius 2 is 2.04 bits per heavy atom. The number of aryl methyl sites for hydroxylation is 2. The Bertz CT molecular complexity index is 868. The van der Waals surface area contributed by atoms with Crippen molar-refractivity contribution in [1.82, 2.24) is 14.8 Å². The zero-order chi connectivity index (χ0) is 17.1. The molecule has 1 amide bonds. The molecule has 0 bridgehead atoms. The maximum atomic E-state index is 12.7. The smallest absolute Gasteiger partial charge is 0.259 e. The van der Waals surface area contributed by atoms with Gasteiger partial charge in [0, 0.05) is 11.9 Å². The first-order valence-corrected chi connectivity index (χ1v) is 7.97. The van der Waals surface area contributed by atoms with Gasteiger partial charge in [-0.3, -0.25) is 4.79 Å². The van der Waals surface area contributed by atoms with Crippen molar-refractivity contribution >= 4 is 11.6 Å². The van der Waals surface area contributed by atoms with E-state index in [-0.39, 0.29) is 5.91 Å². The molecular weight excluding hydrogens is 300 g/mol. The topological polar surface area (TPSA) is 59.8 Å². The molecule has 122 valence electrons. The highest BCUT2D eigenvalue weighted by atomic mass is 16.1. The third kappa shape index (κ3) is 3.06. The zero-order valence-corrected chi connectivity index (χ0v) is 14.1. The second-order valence-corrected chi connectivity index (χ2v) is 5.73. The molecule has 1 N–H and O–H groups in total. The number of nitrogens with one attached hydrogen (secondary N) is 1. The molecule has 0 saturated carbocycles. The average Bonchev–Trinajstić information content (AvgIpc) is 3.03. The Kier molecular flexibility index (Phi) is 4.42. The van der Waals surface area contributed by atoms with E-state index in [2.05, 4.69) is 15.4 Å². The first-order valence-electron chi connectivity index (χ1n) is 7.97. The summed E-state index contributed by atoms with van der Waals surface area (Å²) in [5, 5.41) is 7.35. The summed E-state index contributed by atoms with van der Waals surface area (Å²) in [7, 11) is 0. The Morgan fingerprint density at radius 3 is 2.75 bits per heavy atom. The Hall–Kier alpha value is -2.95. The summed E-state index contributed by atoms with van der Waals surface area (Å²) in [4.78, 5) is 17.0. The molecule has 0 atom stereocenters. The summed E-state index contributed by atoms with van der Waals surface area (Å²) in [6.45, 7) is 5.99. The van der Waals surface area contributed by atoms with Gasteiger partial charge in [-0.25, -0.2) is 9.67 Å². The van der Waals surface area contributed by atoms with Crippen molar-refractivity contribution in [3.05, 3.63) is 71.2 Å². The molecule has 0 aliphatic rings. The second-order valence-electron chi connectivity index (χ2n) is 5.73. The normalized spacial score (nSPS) is 10.6. The lowest BCUT2D eigenvalue weighted by molar-refractivity contribution is 0.102. The van der Waals surface area contributed by atoms with Crippen LogP contribution in [-0.2, 0) is 6.42 Å². The van der Waals surface area contributed by atoms with Gasteiger partial charge in [-0.1, -0.05) is 25.1 Å². The van der Waals surface area contributed by atoms with E-state index in [9.17, 15) is 4.79 Å². The highest BCUT2D eigenvalue weighted by Gasteiger charge is 2.18. The van der Waals surface area contributed by atoms with E-state index in [1.807, 2.05) is 57.2 Å². The number of hydrogen-bond donors (Lipinski definition) is 1. The van der Waals surface area contributed by atoms with Gasteiger partial charge >= 0.3 is 0 Å². The molecular formula is C19H20N4O. The van der Waals surface area contributed by atoms with E-state index in [1.165, 1.54) is 0 Å². The molecule has 0 spiro atoms. The SMILES string of the molecule is CCc1c(C(=O)Nc2cc(C)ccc2C)cnn1-c1ccccn1. The van der Waals surface area contributed by atoms with E-state index in [4.69, 9.17) is 0 Å². The number of carbonyl (C=O) groups is 1. The first-order chi connectivity index (χ1) is 11.6. The third-order valence-electron chi connectivity index (χ3n) is 3.96. The Labute approximate surface area is 141 Å². The first kappa shape index (κ1) is 15.9. The minimum Gasteiger partial charge on any atom is -0.322 e. The van der Waals surface area contributed by atoms with E-state index in [0.29, 0.717) is 17.8 Å². The lowest BCUT2D eigenvalue weighted by atomic mass is 10.1. The van der Waals surface area contributed by atoms with Crippen molar-refractivity contribution in [3.63, 3.8) is 0 Å². The van der Waals surface area contributed by atoms with Crippen molar-refractivity contribution < 1.29 is 4.79 Å². The fourth-order valence-corrected chi connectivity index (χ4v) is 2.64. The molecule has 2 heterocycles. The Morgan fingerprint density at radius 1 is 1.21 bits per heavy atom. The number of anilines is 1. The molecule has 24 heavy (non-hydrogen) atoms. The summed E-state index contributed by atoms with van der Waals surface area (Å²) in [6.07, 6.45) is 4.01. The molecule has 5 heteroatoms. The van der Waals surface area contributed by atoms with Crippen molar-refractivity contribution in [2.75, 3.05) is 5.32 Å². The molecule has 0 unspecified atom stereocenters. The summed E-state index contributed by atoms with van der Waals surface area (Å²) in [6, 6.07) is 11.6. The van der Waals surface area contributed by atoms with Crippen LogP contribution in [0.2, 0.25) is 0 Å². The van der Waals surface area contributed by atoms with E-state index in [1.54, 1.807) is 17.1 Å². The van der Waals surface area contributed by atoms with Crippen LogP contribution in [0.1, 0.15) is 34.1 Å². The standard InChI is InChI=1S/C19H20N4O/c1-4-17-15(12-21-23(17)18-7-5-6-10-20-18)19(24)22-16-11-13(2)8-9-14(16)3/h5-12H,4H2,1-3H3,(H,22,24). The van der Waals surface area contributed by atoms with Crippen LogP contribution >= 0.6 is 0 Å². The predicted octanol–water partition coefficient (Wildman–Crippen LogP) is 3.70. The van der Waals surface area contributed by atoms with Gasteiger partial charge in [0.1, 0.15) is 0 Å². The van der Waals surface area contributed by atoms with E-state index < -0.39 is 0 Å². The largest absolute Gasteiger partial charge is 0.322 e. The number of nitrogens with zero attached hydrogens (tertiary/aromatic N) is 3. The molecule has 3 aromatic rings. The number of carbonyl (C=O) groups excluding carboxylic acids is 1. The maximum Gasteiger partial charge on any atom is 0.259 e. The van der Waals surface area contributed by atoms with Crippen LogP contribution in [0.5, 0.6) is 0 Å². The highest BCUT2D eigenvalue weighted by molar-refractivity contribution is 6.05. The van der Waals surface area contributed by atoms with Crippen molar-refractivity contribution in [2.45, 2.75) is 27.2 Å². The van der Waals surface area contributed by atoms with Crippen LogP contribution in [0, 0.1) is 13.8 Å². The van der Waals surface area contributed by atoms with Gasteiger partial charge in [-0.05, 0) is 49.6 Å². The molecule has 2 aromatic heterocycles. The van der Waals surface area contributed by atoms with E-state index >= 15 is 0 Å². The molecule has 0 aliphatic heterocycles. The summed E-state index contributed by atoms with van der Waals surface area (Å²) in [5.41, 5.74) is 4.38. The molecule has 1 aromatic carbocycles. The van der Waals surface area contributed by atoms with Gasteiger partial charge in [0.2, 0.25) is 0 Å². The lowest BCUT2D eigenvalue weighted by Crippen LogP contribution is -2.15. The number of aromatic nitrogens is 3. The molecule has 0 saturated heterocycles. The van der Waals surface area contributed by atoms with Crippen LogP contribution in [-0.4, -0.2) is 20.7 Å². The number of benzene rings is 1. The molecule has 0 fully saturated rings. The second kappa shape index (κ2) is 6.66. The maximum absolute atomic E-state index is 12.7. The van der Waals surface area contributed by atoms with Gasteiger partial charge in [0.25, 0.3) is 5.91 Å². The van der Waals surface area contributed by atoms with Gasteiger partial charge in [0.15, 0.2) is 5.82 Å². The van der Waals surface area contributed by atoms with Gasteiger partial charge in [0.05, 0.1) is 17.5 Å². The van der Waals surface area contributed by atoms with Gasteiger partial charge < -0.3 is 5.32 Å². The quantitative estimate of drug-likeness (QED) is 0.797. The van der Waals surface area contributed by atoms with Crippen molar-refractivity contribution in [3.8, 4) is 5.82 Å².